The van der Waals surface area contributed by atoms with Crippen molar-refractivity contribution in [3.05, 3.63) is 0 Å². The van der Waals surface area contributed by atoms with Crippen LogP contribution in [0.15, 0.2) is 0 Å². The van der Waals surface area contributed by atoms with Gasteiger partial charge >= 0.3 is 0 Å². The van der Waals surface area contributed by atoms with Gasteiger partial charge in [0.2, 0.25) is 0 Å². The molecule has 6 nitrogen and oxygen atoms in total. The molecule has 0 spiro atoms. The Hall–Kier alpha value is -0.210. The van der Waals surface area contributed by atoms with Gasteiger partial charge in [0.05, 0.1) is 19.3 Å². The Morgan fingerprint density at radius 3 is 2.50 bits per heavy atom. The first-order chi connectivity index (χ1) is 5.52. The Bertz CT molecular complexity index is 198. The van der Waals surface area contributed by atoms with E-state index in [1.54, 1.807) is 6.92 Å². The van der Waals surface area contributed by atoms with Crippen molar-refractivity contribution >= 4 is 10.1 Å². The van der Waals surface area contributed by atoms with Crippen LogP contribution >= 0.6 is 0 Å². The van der Waals surface area contributed by atoms with Crippen molar-refractivity contribution in [1.29, 1.82) is 0 Å². The Morgan fingerprint density at radius 1 is 1.50 bits per heavy atom. The molecule has 0 aliphatic heterocycles. The minimum absolute atomic E-state index is 0.0917. The summed E-state index contributed by atoms with van der Waals surface area (Å²) in [5.74, 6) is -0.677. The van der Waals surface area contributed by atoms with E-state index in [0.717, 1.165) is 0 Å². The summed E-state index contributed by atoms with van der Waals surface area (Å²) in [4.78, 5) is 4.16. The fraction of sp³-hybridized carbons (Fsp3) is 1.00. The van der Waals surface area contributed by atoms with E-state index in [4.69, 9.17) is 10.2 Å². The quantitative estimate of drug-likeness (QED) is 0.406. The number of aliphatic hydroxyl groups excluding tert-OH is 2. The molecule has 0 aliphatic carbocycles. The van der Waals surface area contributed by atoms with Gasteiger partial charge in [-0.1, -0.05) is 0 Å². The highest BCUT2D eigenvalue weighted by molar-refractivity contribution is 7.86. The average molecular weight is 200 g/mol. The lowest BCUT2D eigenvalue weighted by atomic mass is 10.4. The van der Waals surface area contributed by atoms with Gasteiger partial charge in [-0.15, -0.1) is 4.33 Å². The summed E-state index contributed by atoms with van der Waals surface area (Å²) in [6.45, 7) is 1.02. The van der Waals surface area contributed by atoms with Gasteiger partial charge in [-0.3, -0.25) is 0 Å². The highest BCUT2D eigenvalue weighted by atomic mass is 32.2. The summed E-state index contributed by atoms with van der Waals surface area (Å²) in [7, 11) is -3.89. The van der Waals surface area contributed by atoms with Crippen molar-refractivity contribution < 1.29 is 27.9 Å². The summed E-state index contributed by atoms with van der Waals surface area (Å²) in [5, 5.41) is 17.0. The monoisotopic (exact) mass is 200 g/mol. The van der Waals surface area contributed by atoms with E-state index in [1.807, 2.05) is 0 Å². The lowest BCUT2D eigenvalue weighted by Gasteiger charge is -2.06. The van der Waals surface area contributed by atoms with Gasteiger partial charge < -0.3 is 10.2 Å². The van der Waals surface area contributed by atoms with Crippen LogP contribution in [0.2, 0.25) is 0 Å². The smallest absolute Gasteiger partial charge is 0.296 e. The predicted molar refractivity (Wildman–Crippen MR) is 39.6 cm³/mol. The van der Waals surface area contributed by atoms with E-state index in [9.17, 15) is 8.42 Å². The third-order valence-electron chi connectivity index (χ3n) is 0.877. The Balaban J connectivity index is 3.88. The molecule has 0 saturated carbocycles. The summed E-state index contributed by atoms with van der Waals surface area (Å²) in [6, 6.07) is 0. The van der Waals surface area contributed by atoms with E-state index < -0.39 is 28.6 Å². The largest absolute Gasteiger partial charge is 0.394 e. The maximum Gasteiger partial charge on any atom is 0.296 e. The van der Waals surface area contributed by atoms with Crippen LogP contribution in [0.5, 0.6) is 0 Å². The topological polar surface area (TPSA) is 93.1 Å². The summed E-state index contributed by atoms with van der Waals surface area (Å²) in [5.41, 5.74) is 0. The molecule has 0 aliphatic rings. The molecule has 0 radical (unpaired) electrons. The van der Waals surface area contributed by atoms with E-state index in [-0.39, 0.29) is 6.61 Å². The van der Waals surface area contributed by atoms with Gasteiger partial charge in [0.1, 0.15) is 5.75 Å². The van der Waals surface area contributed by atoms with Crippen LogP contribution < -0.4 is 0 Å². The van der Waals surface area contributed by atoms with Crippen LogP contribution in [0.4, 0.5) is 0 Å². The Kier molecular flexibility index (Phi) is 5.34. The van der Waals surface area contributed by atoms with Crippen LogP contribution in [0, 0.1) is 0 Å². The van der Waals surface area contributed by atoms with E-state index in [2.05, 4.69) is 9.22 Å². The van der Waals surface area contributed by atoms with Crippen molar-refractivity contribution in [3.8, 4) is 0 Å². The molecule has 0 saturated heterocycles. The zero-order valence-corrected chi connectivity index (χ0v) is 7.45. The summed E-state index contributed by atoms with van der Waals surface area (Å²) < 4.78 is 25.4. The fourth-order valence-electron chi connectivity index (χ4n) is 0.438. The average Bonchev–Trinajstić information content (AvgIpc) is 2.00. The van der Waals surface area contributed by atoms with Crippen LogP contribution in [-0.2, 0) is 19.3 Å². The Labute approximate surface area is 70.8 Å². The highest BCUT2D eigenvalue weighted by Crippen LogP contribution is 1.97. The second kappa shape index (κ2) is 5.44. The normalized spacial score (nSPS) is 14.6. The maximum absolute atomic E-state index is 10.7. The molecule has 0 aromatic rings. The first kappa shape index (κ1) is 11.8. The molecule has 1 atom stereocenters. The maximum atomic E-state index is 10.7. The molecule has 0 amide bonds. The van der Waals surface area contributed by atoms with Gasteiger partial charge in [0, 0.05) is 0 Å². The second-order valence-corrected chi connectivity index (χ2v) is 3.62. The number of hydrogen-bond acceptors (Lipinski definition) is 6. The molecule has 0 fully saturated rings. The van der Waals surface area contributed by atoms with Gasteiger partial charge in [0.25, 0.3) is 10.1 Å². The molecule has 12 heavy (non-hydrogen) atoms. The van der Waals surface area contributed by atoms with Gasteiger partial charge in [-0.05, 0) is 6.92 Å². The zero-order valence-electron chi connectivity index (χ0n) is 6.63. The van der Waals surface area contributed by atoms with Crippen LogP contribution in [0.1, 0.15) is 6.92 Å². The van der Waals surface area contributed by atoms with Gasteiger partial charge in [0.15, 0.2) is 0 Å². The zero-order chi connectivity index (χ0) is 9.61. The molecule has 1 unspecified atom stereocenters. The number of hydrogen-bond donors (Lipinski definition) is 2. The third kappa shape index (κ3) is 5.44. The van der Waals surface area contributed by atoms with Crippen molar-refractivity contribution in [2.75, 3.05) is 19.0 Å². The SMILES string of the molecule is CCOOS(=O)(=O)CC(O)CO. The van der Waals surface area contributed by atoms with Crippen LogP contribution in [0.25, 0.3) is 0 Å². The molecular formula is C5H12O6S. The minimum Gasteiger partial charge on any atom is -0.394 e. The highest BCUT2D eigenvalue weighted by Gasteiger charge is 2.17. The van der Waals surface area contributed by atoms with Crippen molar-refractivity contribution in [3.63, 3.8) is 0 Å². The molecule has 0 aromatic carbocycles. The van der Waals surface area contributed by atoms with Gasteiger partial charge in [-0.2, -0.15) is 8.42 Å². The molecule has 0 rings (SSSR count). The van der Waals surface area contributed by atoms with Gasteiger partial charge in [-0.25, -0.2) is 4.89 Å². The van der Waals surface area contributed by atoms with E-state index >= 15 is 0 Å². The number of rotatable bonds is 6. The Morgan fingerprint density at radius 2 is 2.08 bits per heavy atom. The minimum atomic E-state index is -3.89. The van der Waals surface area contributed by atoms with E-state index in [1.165, 1.54) is 0 Å². The lowest BCUT2D eigenvalue weighted by molar-refractivity contribution is -0.197. The molecule has 7 heteroatoms. The molecule has 2 N–H and O–H groups in total. The van der Waals surface area contributed by atoms with E-state index in [0.29, 0.717) is 0 Å². The molecule has 0 bridgehead atoms. The lowest BCUT2D eigenvalue weighted by Crippen LogP contribution is -2.25. The third-order valence-corrected chi connectivity index (χ3v) is 1.97. The van der Waals surface area contributed by atoms with Crippen molar-refractivity contribution in [2.24, 2.45) is 0 Å². The van der Waals surface area contributed by atoms with Crippen molar-refractivity contribution in [1.82, 2.24) is 0 Å². The predicted octanol–water partition coefficient (Wildman–Crippen LogP) is -1.36. The number of aliphatic hydroxyl groups is 2. The molecular weight excluding hydrogens is 188 g/mol. The van der Waals surface area contributed by atoms with Crippen LogP contribution in [-0.4, -0.2) is 43.7 Å². The van der Waals surface area contributed by atoms with Crippen LogP contribution in [0.3, 0.4) is 0 Å². The molecule has 0 aromatic heterocycles. The summed E-state index contributed by atoms with van der Waals surface area (Å²) in [6.07, 6.45) is -1.34. The summed E-state index contributed by atoms with van der Waals surface area (Å²) >= 11 is 0. The van der Waals surface area contributed by atoms with Crippen molar-refractivity contribution in [2.45, 2.75) is 13.0 Å². The first-order valence-electron chi connectivity index (χ1n) is 3.34. The molecule has 74 valence electrons. The standard InChI is InChI=1S/C5H12O6S/c1-2-10-11-12(8,9)4-5(7)3-6/h5-7H,2-4H2,1H3. The molecule has 0 heterocycles. The first-order valence-corrected chi connectivity index (χ1v) is 4.92. The fourth-order valence-corrected chi connectivity index (χ4v) is 1.31. The second-order valence-electron chi connectivity index (χ2n) is 2.04.